The van der Waals surface area contributed by atoms with Gasteiger partial charge in [-0.3, -0.25) is 0 Å². The molecule has 1 aliphatic rings. The molecule has 106 valence electrons. The summed E-state index contributed by atoms with van der Waals surface area (Å²) in [6, 6.07) is 4.98. The van der Waals surface area contributed by atoms with E-state index < -0.39 is 12.7 Å². The smallest absolute Gasteiger partial charge is 0.359 e. The van der Waals surface area contributed by atoms with Crippen LogP contribution in [-0.2, 0) is 6.42 Å². The molecule has 0 amide bonds. The first-order valence-corrected chi connectivity index (χ1v) is 6.60. The Bertz CT molecular complexity index is 444. The summed E-state index contributed by atoms with van der Waals surface area (Å²) in [4.78, 5) is 1.43. The lowest BCUT2D eigenvalue weighted by Gasteiger charge is -2.28. The summed E-state index contributed by atoms with van der Waals surface area (Å²) in [5.41, 5.74) is 6.90. The molecule has 1 aromatic carbocycles. The molecule has 2 N–H and O–H groups in total. The van der Waals surface area contributed by atoms with Crippen LogP contribution in [0.1, 0.15) is 18.4 Å². The highest BCUT2D eigenvalue weighted by Crippen LogP contribution is 2.37. The SMILES string of the molecule is NCCc1cc(Cl)ccc1N(CC(F)(F)F)C1CC1. The van der Waals surface area contributed by atoms with E-state index >= 15 is 0 Å². The largest absolute Gasteiger partial charge is 0.405 e. The van der Waals surface area contributed by atoms with Crippen LogP contribution in [0, 0.1) is 0 Å². The normalized spacial score (nSPS) is 15.6. The van der Waals surface area contributed by atoms with Crippen LogP contribution in [0.2, 0.25) is 5.02 Å². The van der Waals surface area contributed by atoms with E-state index in [2.05, 4.69) is 0 Å². The third-order valence-corrected chi connectivity index (χ3v) is 3.34. The first-order chi connectivity index (χ1) is 8.90. The van der Waals surface area contributed by atoms with Crippen LogP contribution in [0.3, 0.4) is 0 Å². The van der Waals surface area contributed by atoms with Crippen molar-refractivity contribution in [3.63, 3.8) is 0 Å². The number of anilines is 1. The highest BCUT2D eigenvalue weighted by atomic mass is 35.5. The third kappa shape index (κ3) is 4.01. The van der Waals surface area contributed by atoms with Gasteiger partial charge in [0.15, 0.2) is 0 Å². The van der Waals surface area contributed by atoms with Crippen LogP contribution < -0.4 is 10.6 Å². The van der Waals surface area contributed by atoms with E-state index in [0.29, 0.717) is 23.7 Å². The highest BCUT2D eigenvalue weighted by Gasteiger charge is 2.38. The second-order valence-electron chi connectivity index (χ2n) is 4.79. The van der Waals surface area contributed by atoms with Gasteiger partial charge in [-0.15, -0.1) is 0 Å². The molecule has 0 atom stereocenters. The van der Waals surface area contributed by atoms with Crippen LogP contribution >= 0.6 is 11.6 Å². The summed E-state index contributed by atoms with van der Waals surface area (Å²) in [6.45, 7) is -0.533. The lowest BCUT2D eigenvalue weighted by Crippen LogP contribution is -2.36. The average molecular weight is 293 g/mol. The zero-order valence-corrected chi connectivity index (χ0v) is 11.1. The second kappa shape index (κ2) is 5.59. The zero-order chi connectivity index (χ0) is 14.0. The van der Waals surface area contributed by atoms with E-state index in [-0.39, 0.29) is 6.04 Å². The van der Waals surface area contributed by atoms with Crippen molar-refractivity contribution in [1.29, 1.82) is 0 Å². The summed E-state index contributed by atoms with van der Waals surface area (Å²) in [5, 5.41) is 0.523. The number of hydrogen-bond donors (Lipinski definition) is 1. The van der Waals surface area contributed by atoms with Crippen LogP contribution in [0.25, 0.3) is 0 Å². The third-order valence-electron chi connectivity index (χ3n) is 3.10. The molecule has 6 heteroatoms. The minimum Gasteiger partial charge on any atom is -0.359 e. The fourth-order valence-electron chi connectivity index (χ4n) is 2.18. The van der Waals surface area contributed by atoms with Crippen molar-refractivity contribution in [2.75, 3.05) is 18.0 Å². The van der Waals surface area contributed by atoms with Gasteiger partial charge in [-0.1, -0.05) is 11.6 Å². The Hall–Kier alpha value is -0.940. The summed E-state index contributed by atoms with van der Waals surface area (Å²) >= 11 is 5.90. The first kappa shape index (κ1) is 14.5. The van der Waals surface area contributed by atoms with Crippen molar-refractivity contribution in [3.8, 4) is 0 Å². The van der Waals surface area contributed by atoms with Crippen molar-refractivity contribution in [3.05, 3.63) is 28.8 Å². The Morgan fingerprint density at radius 3 is 2.53 bits per heavy atom. The maximum Gasteiger partial charge on any atom is 0.405 e. The molecule has 0 heterocycles. The van der Waals surface area contributed by atoms with Gasteiger partial charge >= 0.3 is 6.18 Å². The molecule has 0 aliphatic heterocycles. The van der Waals surface area contributed by atoms with Gasteiger partial charge in [0.2, 0.25) is 0 Å². The zero-order valence-electron chi connectivity index (χ0n) is 10.4. The van der Waals surface area contributed by atoms with E-state index in [0.717, 1.165) is 18.4 Å². The maximum atomic E-state index is 12.7. The summed E-state index contributed by atoms with van der Waals surface area (Å²) in [5.74, 6) is 0. The Labute approximate surface area is 115 Å². The summed E-state index contributed by atoms with van der Waals surface area (Å²) < 4.78 is 38.1. The van der Waals surface area contributed by atoms with E-state index in [1.807, 2.05) is 0 Å². The highest BCUT2D eigenvalue weighted by molar-refractivity contribution is 6.30. The number of halogens is 4. The first-order valence-electron chi connectivity index (χ1n) is 6.22. The van der Waals surface area contributed by atoms with Crippen LogP contribution in [0.5, 0.6) is 0 Å². The number of benzene rings is 1. The average Bonchev–Trinajstić information content (AvgIpc) is 3.09. The molecule has 1 aromatic rings. The van der Waals surface area contributed by atoms with Crippen molar-refractivity contribution in [1.82, 2.24) is 0 Å². The van der Waals surface area contributed by atoms with E-state index in [9.17, 15) is 13.2 Å². The van der Waals surface area contributed by atoms with Gasteiger partial charge in [0.05, 0.1) is 0 Å². The molecule has 2 rings (SSSR count). The molecule has 19 heavy (non-hydrogen) atoms. The Morgan fingerprint density at radius 2 is 2.00 bits per heavy atom. The molecule has 0 bridgehead atoms. The monoisotopic (exact) mass is 292 g/mol. The van der Waals surface area contributed by atoms with Gasteiger partial charge in [-0.2, -0.15) is 13.2 Å². The number of alkyl halides is 3. The lowest BCUT2D eigenvalue weighted by atomic mass is 10.1. The predicted molar refractivity (Wildman–Crippen MR) is 70.6 cm³/mol. The quantitative estimate of drug-likeness (QED) is 0.901. The van der Waals surface area contributed by atoms with E-state index in [1.165, 1.54) is 4.90 Å². The molecule has 2 nitrogen and oxygen atoms in total. The van der Waals surface area contributed by atoms with Crippen molar-refractivity contribution < 1.29 is 13.2 Å². The number of nitrogens with two attached hydrogens (primary N) is 1. The van der Waals surface area contributed by atoms with Gasteiger partial charge in [0, 0.05) is 16.8 Å². The molecule has 1 saturated carbocycles. The number of hydrogen-bond acceptors (Lipinski definition) is 2. The number of rotatable bonds is 5. The maximum absolute atomic E-state index is 12.7. The second-order valence-corrected chi connectivity index (χ2v) is 5.22. The number of nitrogens with zero attached hydrogens (tertiary/aromatic N) is 1. The van der Waals surface area contributed by atoms with Crippen LogP contribution in [0.4, 0.5) is 18.9 Å². The predicted octanol–water partition coefficient (Wildman–Crippen LogP) is 3.37. The van der Waals surface area contributed by atoms with Crippen molar-refractivity contribution in [2.45, 2.75) is 31.5 Å². The lowest BCUT2D eigenvalue weighted by molar-refractivity contribution is -0.120. The summed E-state index contributed by atoms with van der Waals surface area (Å²) in [7, 11) is 0. The molecule has 0 saturated heterocycles. The molecule has 0 aromatic heterocycles. The standard InChI is InChI=1S/C13H16ClF3N2/c14-10-1-4-12(9(7-10)5-6-18)19(11-2-3-11)8-13(15,16)17/h1,4,7,11H,2-3,5-6,8,18H2. The summed E-state index contributed by atoms with van der Waals surface area (Å²) in [6.07, 6.45) is -2.07. The molecule has 1 fully saturated rings. The van der Waals surface area contributed by atoms with Crippen molar-refractivity contribution >= 4 is 17.3 Å². The molecule has 1 aliphatic carbocycles. The van der Waals surface area contributed by atoms with Gasteiger partial charge in [0.1, 0.15) is 6.54 Å². The van der Waals surface area contributed by atoms with Gasteiger partial charge in [-0.25, -0.2) is 0 Å². The van der Waals surface area contributed by atoms with Crippen LogP contribution in [-0.4, -0.2) is 25.3 Å². The minimum absolute atomic E-state index is 0.0145. The molecule has 0 spiro atoms. The Morgan fingerprint density at radius 1 is 1.32 bits per heavy atom. The molecule has 0 unspecified atom stereocenters. The molecular weight excluding hydrogens is 277 g/mol. The Kier molecular flexibility index (Phi) is 4.26. The van der Waals surface area contributed by atoms with E-state index in [4.69, 9.17) is 17.3 Å². The Balaban J connectivity index is 2.30. The fraction of sp³-hybridized carbons (Fsp3) is 0.538. The van der Waals surface area contributed by atoms with Crippen molar-refractivity contribution in [2.24, 2.45) is 5.73 Å². The minimum atomic E-state index is -4.21. The van der Waals surface area contributed by atoms with Gasteiger partial charge in [0.25, 0.3) is 0 Å². The molecular formula is C13H16ClF3N2. The van der Waals surface area contributed by atoms with Crippen LogP contribution in [0.15, 0.2) is 18.2 Å². The van der Waals surface area contributed by atoms with Gasteiger partial charge in [-0.05, 0) is 49.6 Å². The fourth-order valence-corrected chi connectivity index (χ4v) is 2.38. The van der Waals surface area contributed by atoms with E-state index in [1.54, 1.807) is 18.2 Å². The molecule has 0 radical (unpaired) electrons. The van der Waals surface area contributed by atoms with Gasteiger partial charge < -0.3 is 10.6 Å². The topological polar surface area (TPSA) is 29.3 Å².